The molecule has 0 saturated heterocycles. The third kappa shape index (κ3) is 1.42. The lowest BCUT2D eigenvalue weighted by Crippen LogP contribution is -2.10. The van der Waals surface area contributed by atoms with Crippen LogP contribution in [0.3, 0.4) is 0 Å². The molecule has 1 aromatic rings. The molecule has 2 heteroatoms. The van der Waals surface area contributed by atoms with E-state index < -0.39 is 0 Å². The minimum Gasteiger partial charge on any atom is -0.398 e. The summed E-state index contributed by atoms with van der Waals surface area (Å²) in [7, 11) is 0. The van der Waals surface area contributed by atoms with E-state index in [9.17, 15) is 0 Å². The van der Waals surface area contributed by atoms with Crippen molar-refractivity contribution in [2.45, 2.75) is 32.2 Å². The van der Waals surface area contributed by atoms with Crippen LogP contribution in [0.15, 0.2) is 12.1 Å². The maximum absolute atomic E-state index is 6.03. The van der Waals surface area contributed by atoms with E-state index in [1.54, 1.807) is 0 Å². The molecule has 4 N–H and O–H groups in total. The first kappa shape index (κ1) is 8.57. The maximum atomic E-state index is 6.03. The first-order valence-electron chi connectivity index (χ1n) is 4.92. The minimum atomic E-state index is 0.555. The van der Waals surface area contributed by atoms with E-state index in [2.05, 4.69) is 12.1 Å². The lowest BCUT2D eigenvalue weighted by atomic mass is 9.89. The molecular weight excluding hydrogens is 160 g/mol. The van der Waals surface area contributed by atoms with Gasteiger partial charge in [0.25, 0.3) is 0 Å². The molecule has 1 aliphatic rings. The van der Waals surface area contributed by atoms with Crippen LogP contribution in [-0.2, 0) is 19.4 Å². The Labute approximate surface area is 78.9 Å². The van der Waals surface area contributed by atoms with Crippen molar-refractivity contribution in [1.29, 1.82) is 0 Å². The van der Waals surface area contributed by atoms with Crippen molar-refractivity contribution < 1.29 is 0 Å². The van der Waals surface area contributed by atoms with Crippen molar-refractivity contribution >= 4 is 5.69 Å². The molecule has 0 radical (unpaired) electrons. The predicted molar refractivity (Wildman–Crippen MR) is 55.4 cm³/mol. The van der Waals surface area contributed by atoms with Crippen molar-refractivity contribution in [3.05, 3.63) is 28.8 Å². The zero-order chi connectivity index (χ0) is 9.26. The first-order chi connectivity index (χ1) is 6.33. The molecule has 0 bridgehead atoms. The molecule has 0 atom stereocenters. The van der Waals surface area contributed by atoms with Gasteiger partial charge in [0.15, 0.2) is 0 Å². The zero-order valence-electron chi connectivity index (χ0n) is 7.84. The van der Waals surface area contributed by atoms with Gasteiger partial charge in [-0.05, 0) is 42.4 Å². The van der Waals surface area contributed by atoms with Gasteiger partial charge < -0.3 is 11.5 Å². The number of anilines is 1. The number of nitrogens with two attached hydrogens (primary N) is 2. The van der Waals surface area contributed by atoms with E-state index in [0.29, 0.717) is 6.54 Å². The number of rotatable bonds is 1. The summed E-state index contributed by atoms with van der Waals surface area (Å²) >= 11 is 0. The molecule has 0 spiro atoms. The van der Waals surface area contributed by atoms with Crippen molar-refractivity contribution in [3.63, 3.8) is 0 Å². The Balaban J connectivity index is 2.48. The van der Waals surface area contributed by atoms with Gasteiger partial charge >= 0.3 is 0 Å². The van der Waals surface area contributed by atoms with Gasteiger partial charge in [0, 0.05) is 12.2 Å². The Bertz CT molecular complexity index is 318. The lowest BCUT2D eigenvalue weighted by Gasteiger charge is -2.19. The van der Waals surface area contributed by atoms with E-state index in [1.165, 1.54) is 30.4 Å². The largest absolute Gasteiger partial charge is 0.398 e. The molecule has 0 unspecified atom stereocenters. The molecule has 0 aromatic heterocycles. The Morgan fingerprint density at radius 3 is 2.69 bits per heavy atom. The molecular formula is C11H16N2. The third-order valence-electron chi connectivity index (χ3n) is 2.89. The smallest absolute Gasteiger partial charge is 0.0394 e. The summed E-state index contributed by atoms with van der Waals surface area (Å²) in [6, 6.07) is 4.26. The molecule has 70 valence electrons. The molecule has 0 heterocycles. The van der Waals surface area contributed by atoms with Crippen LogP contribution in [-0.4, -0.2) is 0 Å². The topological polar surface area (TPSA) is 52.0 Å². The number of aryl methyl sites for hydroxylation is 1. The summed E-state index contributed by atoms with van der Waals surface area (Å²) in [4.78, 5) is 0. The second kappa shape index (κ2) is 3.38. The van der Waals surface area contributed by atoms with Crippen LogP contribution in [0.5, 0.6) is 0 Å². The second-order valence-electron chi connectivity index (χ2n) is 3.69. The van der Waals surface area contributed by atoms with E-state index >= 15 is 0 Å². The Hall–Kier alpha value is -1.02. The molecule has 1 aliphatic carbocycles. The molecule has 0 aliphatic heterocycles. The van der Waals surface area contributed by atoms with E-state index in [0.717, 1.165) is 17.7 Å². The van der Waals surface area contributed by atoms with Gasteiger partial charge in [-0.3, -0.25) is 0 Å². The van der Waals surface area contributed by atoms with Crippen LogP contribution < -0.4 is 11.5 Å². The monoisotopic (exact) mass is 176 g/mol. The van der Waals surface area contributed by atoms with Crippen LogP contribution in [0.2, 0.25) is 0 Å². The maximum Gasteiger partial charge on any atom is 0.0394 e. The Kier molecular flexibility index (Phi) is 2.23. The van der Waals surface area contributed by atoms with Crippen molar-refractivity contribution in [2.24, 2.45) is 5.73 Å². The van der Waals surface area contributed by atoms with Gasteiger partial charge in [-0.2, -0.15) is 0 Å². The van der Waals surface area contributed by atoms with Crippen LogP contribution in [0, 0.1) is 0 Å². The Morgan fingerprint density at radius 2 is 1.92 bits per heavy atom. The summed E-state index contributed by atoms with van der Waals surface area (Å²) in [6.07, 6.45) is 4.89. The van der Waals surface area contributed by atoms with Crippen molar-refractivity contribution in [2.75, 3.05) is 5.73 Å². The fourth-order valence-corrected chi connectivity index (χ4v) is 2.08. The highest BCUT2D eigenvalue weighted by Crippen LogP contribution is 2.28. The predicted octanol–water partition coefficient (Wildman–Crippen LogP) is 1.61. The number of nitrogen functional groups attached to an aromatic ring is 1. The molecule has 0 fully saturated rings. The SMILES string of the molecule is NCc1ccc2c(c1N)CCCC2. The fraction of sp³-hybridized carbons (Fsp3) is 0.455. The number of fused-ring (bicyclic) bond motifs is 1. The first-order valence-corrected chi connectivity index (χ1v) is 4.92. The number of benzene rings is 1. The highest BCUT2D eigenvalue weighted by Gasteiger charge is 2.13. The minimum absolute atomic E-state index is 0.555. The van der Waals surface area contributed by atoms with Gasteiger partial charge in [-0.1, -0.05) is 12.1 Å². The van der Waals surface area contributed by atoms with Gasteiger partial charge in [0.1, 0.15) is 0 Å². The average Bonchev–Trinajstić information content (AvgIpc) is 2.19. The average molecular weight is 176 g/mol. The highest BCUT2D eigenvalue weighted by molar-refractivity contribution is 5.57. The van der Waals surface area contributed by atoms with Crippen molar-refractivity contribution in [1.82, 2.24) is 0 Å². The van der Waals surface area contributed by atoms with E-state index in [-0.39, 0.29) is 0 Å². The van der Waals surface area contributed by atoms with Gasteiger partial charge in [-0.25, -0.2) is 0 Å². The number of hydrogen-bond donors (Lipinski definition) is 2. The molecule has 13 heavy (non-hydrogen) atoms. The summed E-state index contributed by atoms with van der Waals surface area (Å²) in [5.74, 6) is 0. The van der Waals surface area contributed by atoms with Gasteiger partial charge in [0.2, 0.25) is 0 Å². The van der Waals surface area contributed by atoms with Gasteiger partial charge in [-0.15, -0.1) is 0 Å². The fourth-order valence-electron chi connectivity index (χ4n) is 2.08. The van der Waals surface area contributed by atoms with E-state index in [1.807, 2.05) is 0 Å². The quantitative estimate of drug-likeness (QED) is 0.639. The number of hydrogen-bond acceptors (Lipinski definition) is 2. The lowest BCUT2D eigenvalue weighted by molar-refractivity contribution is 0.686. The van der Waals surface area contributed by atoms with Gasteiger partial charge in [0.05, 0.1) is 0 Å². The standard InChI is InChI=1S/C11H16N2/c12-7-9-6-5-8-3-1-2-4-10(8)11(9)13/h5-6H,1-4,7,12-13H2. The summed E-state index contributed by atoms with van der Waals surface area (Å²) < 4.78 is 0. The van der Waals surface area contributed by atoms with Crippen LogP contribution in [0.4, 0.5) is 5.69 Å². The van der Waals surface area contributed by atoms with Crippen molar-refractivity contribution in [3.8, 4) is 0 Å². The summed E-state index contributed by atoms with van der Waals surface area (Å²) in [5.41, 5.74) is 16.5. The molecule has 0 saturated carbocycles. The van der Waals surface area contributed by atoms with Crippen LogP contribution >= 0.6 is 0 Å². The normalized spacial score (nSPS) is 15.5. The van der Waals surface area contributed by atoms with E-state index in [4.69, 9.17) is 11.5 Å². The molecule has 2 rings (SSSR count). The molecule has 0 amide bonds. The third-order valence-corrected chi connectivity index (χ3v) is 2.89. The molecule has 2 nitrogen and oxygen atoms in total. The second-order valence-corrected chi connectivity index (χ2v) is 3.69. The highest BCUT2D eigenvalue weighted by atomic mass is 14.6. The summed E-state index contributed by atoms with van der Waals surface area (Å²) in [5, 5.41) is 0. The molecule has 1 aromatic carbocycles. The zero-order valence-corrected chi connectivity index (χ0v) is 7.84. The Morgan fingerprint density at radius 1 is 1.15 bits per heavy atom. The summed E-state index contributed by atoms with van der Waals surface area (Å²) in [6.45, 7) is 0.555. The van der Waals surface area contributed by atoms with Crippen LogP contribution in [0.25, 0.3) is 0 Å². The van der Waals surface area contributed by atoms with Crippen LogP contribution in [0.1, 0.15) is 29.5 Å².